The molecule has 18 heavy (non-hydrogen) atoms. The van der Waals surface area contributed by atoms with E-state index in [2.05, 4.69) is 62.2 Å². The molecule has 4 heteroatoms. The second kappa shape index (κ2) is 6.68. The molecule has 0 radical (unpaired) electrons. The van der Waals surface area contributed by atoms with Crippen LogP contribution in [0.25, 0.3) is 0 Å². The maximum atomic E-state index is 6.01. The van der Waals surface area contributed by atoms with Gasteiger partial charge in [0.15, 0.2) is 0 Å². The van der Waals surface area contributed by atoms with Crippen LogP contribution in [0.2, 0.25) is 0 Å². The summed E-state index contributed by atoms with van der Waals surface area (Å²) in [6.45, 7) is 11.0. The first-order valence-electron chi connectivity index (χ1n) is 6.63. The Bertz CT molecular complexity index is 402. The van der Waals surface area contributed by atoms with Crippen LogP contribution in [0.4, 0.5) is 5.82 Å². The number of hydrogen-bond donors (Lipinski definition) is 1. The van der Waals surface area contributed by atoms with Crippen LogP contribution in [-0.2, 0) is 6.42 Å². The first-order valence-corrected chi connectivity index (χ1v) is 7.70. The number of rotatable bonds is 5. The summed E-state index contributed by atoms with van der Waals surface area (Å²) in [5, 5.41) is 0. The van der Waals surface area contributed by atoms with E-state index in [1.165, 1.54) is 0 Å². The summed E-state index contributed by atoms with van der Waals surface area (Å²) in [4.78, 5) is 9.18. The Labute approximate surface area is 124 Å². The maximum absolute atomic E-state index is 6.01. The summed E-state index contributed by atoms with van der Waals surface area (Å²) in [6.07, 6.45) is 2.06. The predicted molar refractivity (Wildman–Crippen MR) is 85.6 cm³/mol. The van der Waals surface area contributed by atoms with E-state index in [0.29, 0.717) is 23.6 Å². The van der Waals surface area contributed by atoms with Gasteiger partial charge in [0.25, 0.3) is 0 Å². The number of aromatic nitrogens is 2. The van der Waals surface area contributed by atoms with Crippen molar-refractivity contribution in [2.45, 2.75) is 53.4 Å². The third kappa shape index (κ3) is 4.37. The molecule has 1 unspecified atom stereocenters. The lowest BCUT2D eigenvalue weighted by Gasteiger charge is -2.16. The zero-order valence-electron chi connectivity index (χ0n) is 12.0. The average Bonchev–Trinajstić information content (AvgIpc) is 2.22. The number of nitrogen functional groups attached to an aromatic ring is 1. The smallest absolute Gasteiger partial charge is 0.140 e. The fraction of sp³-hybridized carbons (Fsp3) is 0.714. The quantitative estimate of drug-likeness (QED) is 0.807. The summed E-state index contributed by atoms with van der Waals surface area (Å²) in [5.74, 6) is 3.14. The Morgan fingerprint density at radius 2 is 1.67 bits per heavy atom. The predicted octanol–water partition coefficient (Wildman–Crippen LogP) is 4.01. The highest BCUT2D eigenvalue weighted by Crippen LogP contribution is 2.25. The molecule has 0 aromatic carbocycles. The molecule has 0 aliphatic heterocycles. The maximum Gasteiger partial charge on any atom is 0.140 e. The summed E-state index contributed by atoms with van der Waals surface area (Å²) in [5.41, 5.74) is 7.11. The Hall–Kier alpha value is -0.390. The van der Waals surface area contributed by atoms with Crippen molar-refractivity contribution in [1.82, 2.24) is 9.97 Å². The molecule has 0 aliphatic rings. The van der Waals surface area contributed by atoms with E-state index in [-0.39, 0.29) is 0 Å². The first kappa shape index (κ1) is 15.7. The minimum absolute atomic E-state index is 0.371. The van der Waals surface area contributed by atoms with Crippen molar-refractivity contribution in [2.24, 2.45) is 11.8 Å². The van der Waals surface area contributed by atoms with E-state index >= 15 is 0 Å². The second-order valence-corrected chi connectivity index (χ2v) is 6.94. The van der Waals surface area contributed by atoms with Crippen LogP contribution in [0.3, 0.4) is 0 Å². The van der Waals surface area contributed by atoms with Crippen molar-refractivity contribution in [3.63, 3.8) is 0 Å². The number of hydrogen-bond acceptors (Lipinski definition) is 3. The van der Waals surface area contributed by atoms with Gasteiger partial charge in [0.1, 0.15) is 11.6 Å². The van der Waals surface area contributed by atoms with E-state index in [1.807, 2.05) is 0 Å². The van der Waals surface area contributed by atoms with Gasteiger partial charge in [-0.25, -0.2) is 9.97 Å². The minimum Gasteiger partial charge on any atom is -0.383 e. The van der Waals surface area contributed by atoms with Crippen molar-refractivity contribution >= 4 is 28.4 Å². The summed E-state index contributed by atoms with van der Waals surface area (Å²) in [6, 6.07) is 0. The van der Waals surface area contributed by atoms with Gasteiger partial charge in [-0.1, -0.05) is 34.6 Å². The lowest BCUT2D eigenvalue weighted by atomic mass is 9.98. The molecule has 1 rings (SSSR count). The second-order valence-electron chi connectivity index (χ2n) is 5.86. The highest BCUT2D eigenvalue weighted by Gasteiger charge is 2.16. The molecule has 1 aromatic rings. The van der Waals surface area contributed by atoms with Crippen LogP contribution < -0.4 is 5.73 Å². The lowest BCUT2D eigenvalue weighted by Crippen LogP contribution is -2.12. The van der Waals surface area contributed by atoms with Crippen LogP contribution >= 0.6 is 22.6 Å². The Morgan fingerprint density at radius 1 is 1.06 bits per heavy atom. The van der Waals surface area contributed by atoms with Crippen molar-refractivity contribution in [2.75, 3.05) is 5.73 Å². The van der Waals surface area contributed by atoms with Gasteiger partial charge in [0, 0.05) is 5.92 Å². The van der Waals surface area contributed by atoms with Crippen LogP contribution in [0, 0.1) is 15.4 Å². The molecule has 0 fully saturated rings. The van der Waals surface area contributed by atoms with E-state index in [0.717, 1.165) is 27.9 Å². The van der Waals surface area contributed by atoms with Gasteiger partial charge in [0.05, 0.1) is 9.26 Å². The van der Waals surface area contributed by atoms with Gasteiger partial charge < -0.3 is 5.73 Å². The Balaban J connectivity index is 3.03. The Kier molecular flexibility index (Phi) is 5.82. The summed E-state index contributed by atoms with van der Waals surface area (Å²) in [7, 11) is 0. The number of halogens is 1. The molecule has 1 atom stereocenters. The molecular formula is C14H24IN3. The van der Waals surface area contributed by atoms with E-state index in [4.69, 9.17) is 10.7 Å². The van der Waals surface area contributed by atoms with Crippen molar-refractivity contribution in [1.29, 1.82) is 0 Å². The molecule has 0 bridgehead atoms. The molecular weight excluding hydrogens is 337 g/mol. The van der Waals surface area contributed by atoms with Gasteiger partial charge in [-0.15, -0.1) is 0 Å². The van der Waals surface area contributed by atoms with Crippen molar-refractivity contribution in [3.05, 3.63) is 15.1 Å². The molecule has 1 aromatic heterocycles. The van der Waals surface area contributed by atoms with Crippen LogP contribution in [0.5, 0.6) is 0 Å². The standard InChI is InChI=1S/C14H24IN3/c1-8(2)6-10(5)14-17-11(7-9(3)4)12(15)13(16)18-14/h8-10H,6-7H2,1-5H3,(H2,16,17,18). The number of nitrogens with two attached hydrogens (primary N) is 1. The lowest BCUT2D eigenvalue weighted by molar-refractivity contribution is 0.504. The Morgan fingerprint density at radius 3 is 2.17 bits per heavy atom. The molecule has 0 spiro atoms. The third-order valence-electron chi connectivity index (χ3n) is 2.83. The summed E-state index contributed by atoms with van der Waals surface area (Å²) < 4.78 is 1.02. The highest BCUT2D eigenvalue weighted by molar-refractivity contribution is 14.1. The summed E-state index contributed by atoms with van der Waals surface area (Å²) >= 11 is 2.25. The molecule has 1 heterocycles. The monoisotopic (exact) mass is 361 g/mol. The van der Waals surface area contributed by atoms with E-state index in [9.17, 15) is 0 Å². The zero-order valence-corrected chi connectivity index (χ0v) is 14.2. The van der Waals surface area contributed by atoms with Crippen molar-refractivity contribution in [3.8, 4) is 0 Å². The largest absolute Gasteiger partial charge is 0.383 e. The fourth-order valence-corrected chi connectivity index (χ4v) is 2.55. The molecule has 3 nitrogen and oxygen atoms in total. The molecule has 0 aliphatic carbocycles. The average molecular weight is 361 g/mol. The normalized spacial score (nSPS) is 13.3. The SMILES string of the molecule is CC(C)Cc1nc(C(C)CC(C)C)nc(N)c1I. The van der Waals surface area contributed by atoms with Crippen LogP contribution in [0.15, 0.2) is 0 Å². The molecule has 0 saturated carbocycles. The molecule has 0 amide bonds. The van der Waals surface area contributed by atoms with Gasteiger partial charge in [-0.2, -0.15) is 0 Å². The highest BCUT2D eigenvalue weighted by atomic mass is 127. The fourth-order valence-electron chi connectivity index (χ4n) is 2.09. The van der Waals surface area contributed by atoms with Crippen molar-refractivity contribution < 1.29 is 0 Å². The van der Waals surface area contributed by atoms with Crippen LogP contribution in [-0.4, -0.2) is 9.97 Å². The minimum atomic E-state index is 0.371. The molecule has 102 valence electrons. The molecule has 0 saturated heterocycles. The van der Waals surface area contributed by atoms with Gasteiger partial charge >= 0.3 is 0 Å². The first-order chi connectivity index (χ1) is 8.31. The van der Waals surface area contributed by atoms with E-state index in [1.54, 1.807) is 0 Å². The molecule has 2 N–H and O–H groups in total. The zero-order chi connectivity index (χ0) is 13.9. The van der Waals surface area contributed by atoms with Gasteiger partial charge in [-0.3, -0.25) is 0 Å². The van der Waals surface area contributed by atoms with Crippen LogP contribution in [0.1, 0.15) is 58.5 Å². The number of anilines is 1. The topological polar surface area (TPSA) is 51.8 Å². The van der Waals surface area contributed by atoms with Gasteiger partial charge in [0.2, 0.25) is 0 Å². The number of nitrogens with zero attached hydrogens (tertiary/aromatic N) is 2. The third-order valence-corrected chi connectivity index (χ3v) is 4.01. The van der Waals surface area contributed by atoms with E-state index < -0.39 is 0 Å². The van der Waals surface area contributed by atoms with Gasteiger partial charge in [-0.05, 0) is 47.3 Å².